The van der Waals surface area contributed by atoms with Crippen molar-refractivity contribution in [1.82, 2.24) is 15.2 Å². The van der Waals surface area contributed by atoms with Crippen LogP contribution >= 0.6 is 15.9 Å². The molecule has 2 amide bonds. The average molecular weight is 408 g/mol. The first kappa shape index (κ1) is 17.8. The Kier molecular flexibility index (Phi) is 4.77. The van der Waals surface area contributed by atoms with E-state index >= 15 is 0 Å². The van der Waals surface area contributed by atoms with E-state index in [9.17, 15) is 9.59 Å². The largest absolute Gasteiger partial charge is 0.444 e. The van der Waals surface area contributed by atoms with Gasteiger partial charge in [0, 0.05) is 34.5 Å². The second-order valence-electron chi connectivity index (χ2n) is 7.30. The summed E-state index contributed by atoms with van der Waals surface area (Å²) in [4.78, 5) is 29.3. The van der Waals surface area contributed by atoms with Crippen molar-refractivity contribution < 1.29 is 14.3 Å². The Hall–Kier alpha value is -2.02. The summed E-state index contributed by atoms with van der Waals surface area (Å²) in [5, 5.41) is 3.97. The summed E-state index contributed by atoms with van der Waals surface area (Å²) in [5.74, 6) is -0.164. The lowest BCUT2D eigenvalue weighted by atomic mass is 10.2. The van der Waals surface area contributed by atoms with Crippen LogP contribution in [0.1, 0.15) is 37.7 Å². The molecule has 7 heteroatoms. The predicted molar refractivity (Wildman–Crippen MR) is 99.7 cm³/mol. The van der Waals surface area contributed by atoms with Gasteiger partial charge in [0.2, 0.25) is 0 Å². The van der Waals surface area contributed by atoms with Gasteiger partial charge in [0.15, 0.2) is 0 Å². The number of hydrogen-bond donors (Lipinski definition) is 2. The normalized spacial score (nSPS) is 17.8. The van der Waals surface area contributed by atoms with E-state index in [2.05, 4.69) is 26.2 Å². The van der Waals surface area contributed by atoms with Crippen LogP contribution in [0.15, 0.2) is 28.7 Å². The maximum absolute atomic E-state index is 12.5. The van der Waals surface area contributed by atoms with Gasteiger partial charge >= 0.3 is 6.09 Å². The fourth-order valence-electron chi connectivity index (χ4n) is 2.86. The van der Waals surface area contributed by atoms with Crippen molar-refractivity contribution in [3.05, 3.63) is 34.4 Å². The number of carbonyl (C=O) groups excluding carboxylic acids is 2. The second kappa shape index (κ2) is 6.71. The van der Waals surface area contributed by atoms with E-state index in [0.717, 1.165) is 21.8 Å². The van der Waals surface area contributed by atoms with E-state index in [0.29, 0.717) is 18.8 Å². The summed E-state index contributed by atoms with van der Waals surface area (Å²) in [6.07, 6.45) is 0.385. The number of amides is 2. The van der Waals surface area contributed by atoms with Crippen LogP contribution in [0.4, 0.5) is 4.79 Å². The smallest absolute Gasteiger partial charge is 0.410 e. The number of fused-ring (bicyclic) bond motifs is 1. The molecule has 1 aliphatic rings. The lowest BCUT2D eigenvalue weighted by Gasteiger charge is -2.24. The molecule has 0 spiro atoms. The zero-order valence-corrected chi connectivity index (χ0v) is 16.1. The van der Waals surface area contributed by atoms with E-state index < -0.39 is 5.60 Å². The molecule has 134 valence electrons. The monoisotopic (exact) mass is 407 g/mol. The lowest BCUT2D eigenvalue weighted by Crippen LogP contribution is -2.40. The van der Waals surface area contributed by atoms with E-state index in [1.807, 2.05) is 45.0 Å². The van der Waals surface area contributed by atoms with Gasteiger partial charge in [0.05, 0.1) is 0 Å². The number of ether oxygens (including phenoxy) is 1. The molecule has 3 rings (SSSR count). The molecular weight excluding hydrogens is 386 g/mol. The lowest BCUT2D eigenvalue weighted by molar-refractivity contribution is 0.0290. The van der Waals surface area contributed by atoms with Gasteiger partial charge in [0.25, 0.3) is 5.91 Å². The standard InChI is InChI=1S/C18H22BrN3O3/c1-18(2,3)25-17(24)22-7-6-13(10-22)20-16(23)15-8-11-4-5-12(19)9-14(11)21-15/h4-5,8-9,13,21H,6-7,10H2,1-3H3,(H,20,23). The third-order valence-electron chi connectivity index (χ3n) is 4.00. The van der Waals surface area contributed by atoms with Crippen molar-refractivity contribution in [3.8, 4) is 0 Å². The highest BCUT2D eigenvalue weighted by atomic mass is 79.9. The van der Waals surface area contributed by atoms with Crippen LogP contribution < -0.4 is 5.32 Å². The first-order chi connectivity index (χ1) is 11.7. The van der Waals surface area contributed by atoms with Crippen molar-refractivity contribution in [1.29, 1.82) is 0 Å². The van der Waals surface area contributed by atoms with E-state index in [1.165, 1.54) is 0 Å². The van der Waals surface area contributed by atoms with Crippen LogP contribution in [0, 0.1) is 0 Å². The van der Waals surface area contributed by atoms with Crippen LogP contribution in [-0.4, -0.2) is 46.6 Å². The number of rotatable bonds is 2. The van der Waals surface area contributed by atoms with Crippen LogP contribution in [0.2, 0.25) is 0 Å². The summed E-state index contributed by atoms with van der Waals surface area (Å²) in [7, 11) is 0. The molecule has 0 saturated carbocycles. The first-order valence-corrected chi connectivity index (χ1v) is 9.08. The minimum atomic E-state index is -0.517. The minimum absolute atomic E-state index is 0.0711. The summed E-state index contributed by atoms with van der Waals surface area (Å²) in [5.41, 5.74) is 0.905. The number of nitrogens with zero attached hydrogens (tertiary/aromatic N) is 1. The number of halogens is 1. The summed E-state index contributed by atoms with van der Waals surface area (Å²) in [6.45, 7) is 6.57. The molecule has 1 fully saturated rings. The third kappa shape index (κ3) is 4.34. The van der Waals surface area contributed by atoms with Crippen LogP contribution in [-0.2, 0) is 4.74 Å². The van der Waals surface area contributed by atoms with Crippen LogP contribution in [0.3, 0.4) is 0 Å². The van der Waals surface area contributed by atoms with Gasteiger partial charge in [-0.05, 0) is 45.4 Å². The Morgan fingerprint density at radius 2 is 2.08 bits per heavy atom. The number of likely N-dealkylation sites (tertiary alicyclic amines) is 1. The fraction of sp³-hybridized carbons (Fsp3) is 0.444. The molecular formula is C18H22BrN3O3. The number of benzene rings is 1. The average Bonchev–Trinajstić information content (AvgIpc) is 3.11. The van der Waals surface area contributed by atoms with E-state index in [-0.39, 0.29) is 18.0 Å². The number of carbonyl (C=O) groups is 2. The maximum atomic E-state index is 12.5. The Balaban J connectivity index is 1.60. The molecule has 1 aromatic carbocycles. The number of aromatic amines is 1. The maximum Gasteiger partial charge on any atom is 0.410 e. The molecule has 1 unspecified atom stereocenters. The molecule has 1 saturated heterocycles. The summed E-state index contributed by atoms with van der Waals surface area (Å²) in [6, 6.07) is 7.59. The van der Waals surface area contributed by atoms with Crippen molar-refractivity contribution in [2.75, 3.05) is 13.1 Å². The molecule has 0 aliphatic carbocycles. The fourth-order valence-corrected chi connectivity index (χ4v) is 3.22. The zero-order valence-electron chi connectivity index (χ0n) is 14.6. The molecule has 1 aromatic heterocycles. The van der Waals surface area contributed by atoms with Crippen molar-refractivity contribution in [2.45, 2.75) is 38.8 Å². The first-order valence-electron chi connectivity index (χ1n) is 8.28. The molecule has 0 bridgehead atoms. The molecule has 2 aromatic rings. The zero-order chi connectivity index (χ0) is 18.2. The van der Waals surface area contributed by atoms with E-state index in [4.69, 9.17) is 4.74 Å². The van der Waals surface area contributed by atoms with Gasteiger partial charge in [-0.1, -0.05) is 22.0 Å². The highest BCUT2D eigenvalue weighted by Gasteiger charge is 2.30. The van der Waals surface area contributed by atoms with Gasteiger partial charge in [-0.2, -0.15) is 0 Å². The number of hydrogen-bond acceptors (Lipinski definition) is 3. The molecule has 1 atom stereocenters. The molecule has 6 nitrogen and oxygen atoms in total. The molecule has 25 heavy (non-hydrogen) atoms. The topological polar surface area (TPSA) is 74.4 Å². The Bertz CT molecular complexity index is 809. The van der Waals surface area contributed by atoms with Crippen LogP contribution in [0.5, 0.6) is 0 Å². The Labute approximate surface area is 155 Å². The van der Waals surface area contributed by atoms with Crippen LogP contribution in [0.25, 0.3) is 10.9 Å². The highest BCUT2D eigenvalue weighted by Crippen LogP contribution is 2.21. The van der Waals surface area contributed by atoms with Crippen molar-refractivity contribution in [2.24, 2.45) is 0 Å². The molecule has 0 radical (unpaired) electrons. The third-order valence-corrected chi connectivity index (χ3v) is 4.50. The Morgan fingerprint density at radius 3 is 2.80 bits per heavy atom. The SMILES string of the molecule is CC(C)(C)OC(=O)N1CCC(NC(=O)c2cc3ccc(Br)cc3[nH]2)C1. The van der Waals surface area contributed by atoms with Gasteiger partial charge < -0.3 is 19.9 Å². The number of nitrogens with one attached hydrogen (secondary N) is 2. The van der Waals surface area contributed by atoms with Crippen molar-refractivity contribution in [3.63, 3.8) is 0 Å². The predicted octanol–water partition coefficient (Wildman–Crippen LogP) is 3.67. The van der Waals surface area contributed by atoms with Gasteiger partial charge in [-0.3, -0.25) is 4.79 Å². The molecule has 2 heterocycles. The molecule has 2 N–H and O–H groups in total. The number of H-pyrrole nitrogens is 1. The van der Waals surface area contributed by atoms with Gasteiger partial charge in [-0.15, -0.1) is 0 Å². The van der Waals surface area contributed by atoms with Crippen molar-refractivity contribution >= 4 is 38.8 Å². The summed E-state index contributed by atoms with van der Waals surface area (Å²) >= 11 is 3.42. The second-order valence-corrected chi connectivity index (χ2v) is 8.22. The minimum Gasteiger partial charge on any atom is -0.444 e. The number of aromatic nitrogens is 1. The van der Waals surface area contributed by atoms with Gasteiger partial charge in [-0.25, -0.2) is 4.79 Å². The molecule has 1 aliphatic heterocycles. The summed E-state index contributed by atoms with van der Waals surface area (Å²) < 4.78 is 6.33. The highest BCUT2D eigenvalue weighted by molar-refractivity contribution is 9.10. The quantitative estimate of drug-likeness (QED) is 0.797. The Morgan fingerprint density at radius 1 is 1.32 bits per heavy atom. The van der Waals surface area contributed by atoms with Gasteiger partial charge in [0.1, 0.15) is 11.3 Å². The van der Waals surface area contributed by atoms with E-state index in [1.54, 1.807) is 4.90 Å².